The van der Waals surface area contributed by atoms with Crippen LogP contribution in [0.15, 0.2) is 6.07 Å². The predicted molar refractivity (Wildman–Crippen MR) is 60.8 cm³/mol. The fraction of sp³-hybridized carbons (Fsp3) is 0. The van der Waals surface area contributed by atoms with Crippen LogP contribution in [-0.2, 0) is 0 Å². The number of halogens is 4. The van der Waals surface area contributed by atoms with Gasteiger partial charge in [0.1, 0.15) is 5.02 Å². The van der Waals surface area contributed by atoms with E-state index in [1.165, 1.54) is 6.07 Å². The van der Waals surface area contributed by atoms with Crippen LogP contribution < -0.4 is 0 Å². The standard InChI is InChI=1S/C6HCl3INO2/c7-2-1-3(10)6(11(12)13)5(9)4(2)8/h1H. The first-order valence-electron chi connectivity index (χ1n) is 2.92. The zero-order valence-corrected chi connectivity index (χ0v) is 10.3. The van der Waals surface area contributed by atoms with Crippen molar-refractivity contribution in [1.82, 2.24) is 0 Å². The smallest absolute Gasteiger partial charge is 0.258 e. The molecule has 0 atom stereocenters. The second-order valence-corrected chi connectivity index (χ2v) is 4.40. The second kappa shape index (κ2) is 4.16. The summed E-state index contributed by atoms with van der Waals surface area (Å²) >= 11 is 18.7. The Labute approximate surface area is 102 Å². The molecular formula is C6HCl3INO2. The summed E-state index contributed by atoms with van der Waals surface area (Å²) in [5.41, 5.74) is -0.211. The molecule has 0 aliphatic rings. The van der Waals surface area contributed by atoms with Gasteiger partial charge in [0.2, 0.25) is 0 Å². The van der Waals surface area contributed by atoms with Crippen LogP contribution in [0.1, 0.15) is 0 Å². The Balaban J connectivity index is 3.53. The predicted octanol–water partition coefficient (Wildman–Crippen LogP) is 4.16. The maximum atomic E-state index is 10.5. The number of benzene rings is 1. The van der Waals surface area contributed by atoms with Crippen molar-refractivity contribution in [3.05, 3.63) is 34.8 Å². The maximum absolute atomic E-state index is 10.5. The van der Waals surface area contributed by atoms with E-state index in [1.54, 1.807) is 22.6 Å². The molecule has 0 spiro atoms. The fourth-order valence-electron chi connectivity index (χ4n) is 0.724. The lowest BCUT2D eigenvalue weighted by atomic mass is 10.3. The van der Waals surface area contributed by atoms with Crippen LogP contribution in [0.3, 0.4) is 0 Å². The molecule has 0 aromatic heterocycles. The molecule has 7 heteroatoms. The molecule has 3 nitrogen and oxygen atoms in total. The second-order valence-electron chi connectivity index (χ2n) is 2.07. The van der Waals surface area contributed by atoms with Gasteiger partial charge in [-0.2, -0.15) is 0 Å². The third kappa shape index (κ3) is 2.18. The summed E-state index contributed by atoms with van der Waals surface area (Å²) in [4.78, 5) is 9.93. The largest absolute Gasteiger partial charge is 0.302 e. The average Bonchev–Trinajstić information content (AvgIpc) is 1.99. The molecular weight excluding hydrogens is 351 g/mol. The molecule has 1 aromatic rings. The van der Waals surface area contributed by atoms with Crippen LogP contribution in [0.25, 0.3) is 0 Å². The molecule has 0 N–H and O–H groups in total. The fourth-order valence-corrected chi connectivity index (χ4v) is 2.51. The maximum Gasteiger partial charge on any atom is 0.302 e. The van der Waals surface area contributed by atoms with E-state index in [2.05, 4.69) is 0 Å². The first-order chi connectivity index (χ1) is 5.95. The first kappa shape index (κ1) is 11.3. The molecule has 0 saturated carbocycles. The highest BCUT2D eigenvalue weighted by Crippen LogP contribution is 2.40. The number of nitro benzene ring substituents is 1. The highest BCUT2D eigenvalue weighted by atomic mass is 127. The molecule has 0 unspecified atom stereocenters. The number of nitro groups is 1. The molecule has 0 bridgehead atoms. The monoisotopic (exact) mass is 351 g/mol. The number of nitrogens with zero attached hydrogens (tertiary/aromatic N) is 1. The Bertz CT molecular complexity index is 383. The van der Waals surface area contributed by atoms with Crippen LogP contribution >= 0.6 is 57.4 Å². The minimum atomic E-state index is -0.591. The van der Waals surface area contributed by atoms with Crippen molar-refractivity contribution in [2.45, 2.75) is 0 Å². The van der Waals surface area contributed by atoms with E-state index in [9.17, 15) is 10.1 Å². The first-order valence-corrected chi connectivity index (χ1v) is 5.13. The van der Waals surface area contributed by atoms with E-state index in [0.717, 1.165) is 0 Å². The van der Waals surface area contributed by atoms with E-state index in [4.69, 9.17) is 34.8 Å². The zero-order valence-electron chi connectivity index (χ0n) is 5.85. The average molecular weight is 352 g/mol. The molecule has 0 saturated heterocycles. The summed E-state index contributed by atoms with van der Waals surface area (Å²) in [6.07, 6.45) is 0. The van der Waals surface area contributed by atoms with Gasteiger partial charge in [-0.05, 0) is 28.7 Å². The van der Waals surface area contributed by atoms with Crippen LogP contribution in [-0.4, -0.2) is 4.92 Å². The molecule has 0 heterocycles. The van der Waals surface area contributed by atoms with Gasteiger partial charge in [0.25, 0.3) is 0 Å². The SMILES string of the molecule is O=[N+]([O-])c1c(I)cc(Cl)c(Cl)c1Cl. The lowest BCUT2D eigenvalue weighted by Crippen LogP contribution is -1.93. The Morgan fingerprint density at radius 1 is 1.31 bits per heavy atom. The Hall–Kier alpha value is 0.220. The quantitative estimate of drug-likeness (QED) is 0.250. The third-order valence-corrected chi connectivity index (χ3v) is 3.35. The van der Waals surface area contributed by atoms with Crippen molar-refractivity contribution in [3.63, 3.8) is 0 Å². The molecule has 70 valence electrons. The number of hydrogen-bond acceptors (Lipinski definition) is 2. The van der Waals surface area contributed by atoms with Crippen molar-refractivity contribution >= 4 is 63.1 Å². The number of hydrogen-bond donors (Lipinski definition) is 0. The summed E-state index contributed by atoms with van der Waals surface area (Å²) in [5.74, 6) is 0. The summed E-state index contributed by atoms with van der Waals surface area (Å²) in [7, 11) is 0. The molecule has 13 heavy (non-hydrogen) atoms. The van der Waals surface area contributed by atoms with Gasteiger partial charge in [0, 0.05) is 0 Å². The molecule has 0 aliphatic carbocycles. The van der Waals surface area contributed by atoms with Gasteiger partial charge < -0.3 is 0 Å². The Morgan fingerprint density at radius 3 is 2.31 bits per heavy atom. The van der Waals surface area contributed by atoms with Crippen LogP contribution in [0, 0.1) is 13.7 Å². The topological polar surface area (TPSA) is 43.1 Å². The van der Waals surface area contributed by atoms with E-state index in [-0.39, 0.29) is 20.8 Å². The minimum absolute atomic E-state index is 0.00968. The lowest BCUT2D eigenvalue weighted by molar-refractivity contribution is -0.385. The van der Waals surface area contributed by atoms with Gasteiger partial charge in [-0.15, -0.1) is 0 Å². The van der Waals surface area contributed by atoms with Gasteiger partial charge in [0.15, 0.2) is 0 Å². The third-order valence-electron chi connectivity index (χ3n) is 1.27. The van der Waals surface area contributed by atoms with Gasteiger partial charge in [-0.25, -0.2) is 0 Å². The van der Waals surface area contributed by atoms with Crippen LogP contribution in [0.2, 0.25) is 15.1 Å². The molecule has 0 radical (unpaired) electrons. The van der Waals surface area contributed by atoms with Gasteiger partial charge >= 0.3 is 5.69 Å². The zero-order chi connectivity index (χ0) is 10.2. The van der Waals surface area contributed by atoms with Gasteiger partial charge in [-0.1, -0.05) is 34.8 Å². The van der Waals surface area contributed by atoms with E-state index < -0.39 is 4.92 Å². The van der Waals surface area contributed by atoms with Crippen LogP contribution in [0.5, 0.6) is 0 Å². The normalized spacial score (nSPS) is 10.2. The van der Waals surface area contributed by atoms with E-state index in [0.29, 0.717) is 3.57 Å². The van der Waals surface area contributed by atoms with E-state index in [1.807, 2.05) is 0 Å². The van der Waals surface area contributed by atoms with Crippen molar-refractivity contribution < 1.29 is 4.92 Å². The van der Waals surface area contributed by atoms with E-state index >= 15 is 0 Å². The van der Waals surface area contributed by atoms with Crippen molar-refractivity contribution in [1.29, 1.82) is 0 Å². The minimum Gasteiger partial charge on any atom is -0.258 e. The Kier molecular flexibility index (Phi) is 3.62. The van der Waals surface area contributed by atoms with Gasteiger partial charge in [-0.3, -0.25) is 10.1 Å². The highest BCUT2D eigenvalue weighted by molar-refractivity contribution is 14.1. The lowest BCUT2D eigenvalue weighted by Gasteiger charge is -2.01. The number of rotatable bonds is 1. The molecule has 0 aliphatic heterocycles. The van der Waals surface area contributed by atoms with Crippen molar-refractivity contribution in [2.75, 3.05) is 0 Å². The highest BCUT2D eigenvalue weighted by Gasteiger charge is 2.22. The van der Waals surface area contributed by atoms with Crippen molar-refractivity contribution in [3.8, 4) is 0 Å². The van der Waals surface area contributed by atoms with Gasteiger partial charge in [0.05, 0.1) is 18.5 Å². The molecule has 0 amide bonds. The van der Waals surface area contributed by atoms with Crippen molar-refractivity contribution in [2.24, 2.45) is 0 Å². The summed E-state index contributed by atoms with van der Waals surface area (Å²) < 4.78 is 0.363. The summed E-state index contributed by atoms with van der Waals surface area (Å²) in [5, 5.41) is 10.6. The summed E-state index contributed by atoms with van der Waals surface area (Å²) in [6, 6.07) is 1.40. The molecule has 1 rings (SSSR count). The molecule has 1 aromatic carbocycles. The Morgan fingerprint density at radius 2 is 1.85 bits per heavy atom. The van der Waals surface area contributed by atoms with Crippen LogP contribution in [0.4, 0.5) is 5.69 Å². The summed E-state index contributed by atoms with van der Waals surface area (Å²) in [6.45, 7) is 0. The molecule has 0 fully saturated rings.